The molecule has 1 atom stereocenters. The van der Waals surface area contributed by atoms with Gasteiger partial charge in [0.2, 0.25) is 0 Å². The molecular weight excluding hydrogens is 220 g/mol. The van der Waals surface area contributed by atoms with Crippen LogP contribution in [0.3, 0.4) is 0 Å². The SMILES string of the molecule is CCNCc1ccc(N(C)C(C)C2CC2)c(C)c1. The lowest BCUT2D eigenvalue weighted by Crippen LogP contribution is -2.31. The molecule has 1 saturated carbocycles. The van der Waals surface area contributed by atoms with Crippen LogP contribution in [0.25, 0.3) is 0 Å². The molecule has 0 bridgehead atoms. The molecule has 1 aromatic carbocycles. The fourth-order valence-electron chi connectivity index (χ4n) is 2.61. The maximum Gasteiger partial charge on any atom is 0.0396 e. The van der Waals surface area contributed by atoms with Crippen LogP contribution in [0.2, 0.25) is 0 Å². The first-order valence-corrected chi connectivity index (χ1v) is 7.16. The topological polar surface area (TPSA) is 15.3 Å². The highest BCUT2D eigenvalue weighted by molar-refractivity contribution is 5.54. The number of nitrogens with one attached hydrogen (secondary N) is 1. The van der Waals surface area contributed by atoms with Gasteiger partial charge in [0.25, 0.3) is 0 Å². The summed E-state index contributed by atoms with van der Waals surface area (Å²) in [6, 6.07) is 7.51. The number of hydrogen-bond acceptors (Lipinski definition) is 2. The van der Waals surface area contributed by atoms with Crippen molar-refractivity contribution >= 4 is 5.69 Å². The predicted octanol–water partition coefficient (Wildman–Crippen LogP) is 3.34. The predicted molar refractivity (Wildman–Crippen MR) is 79.1 cm³/mol. The normalized spacial score (nSPS) is 16.7. The molecule has 0 radical (unpaired) electrons. The molecule has 2 heteroatoms. The maximum absolute atomic E-state index is 3.38. The van der Waals surface area contributed by atoms with Crippen molar-refractivity contribution < 1.29 is 0 Å². The molecule has 1 fully saturated rings. The van der Waals surface area contributed by atoms with Gasteiger partial charge in [-0.15, -0.1) is 0 Å². The van der Waals surface area contributed by atoms with E-state index in [1.54, 1.807) is 0 Å². The molecule has 1 unspecified atom stereocenters. The number of benzene rings is 1. The van der Waals surface area contributed by atoms with E-state index in [0.717, 1.165) is 19.0 Å². The summed E-state index contributed by atoms with van der Waals surface area (Å²) in [5.74, 6) is 0.913. The van der Waals surface area contributed by atoms with Gasteiger partial charge in [-0.2, -0.15) is 0 Å². The molecule has 18 heavy (non-hydrogen) atoms. The van der Waals surface area contributed by atoms with E-state index in [9.17, 15) is 0 Å². The molecule has 0 spiro atoms. The van der Waals surface area contributed by atoms with Crippen LogP contribution < -0.4 is 10.2 Å². The zero-order valence-electron chi connectivity index (χ0n) is 12.2. The Morgan fingerprint density at radius 1 is 1.39 bits per heavy atom. The number of hydrogen-bond donors (Lipinski definition) is 1. The Hall–Kier alpha value is -1.02. The van der Waals surface area contributed by atoms with Crippen LogP contribution in [-0.2, 0) is 6.54 Å². The summed E-state index contributed by atoms with van der Waals surface area (Å²) in [5.41, 5.74) is 4.15. The fraction of sp³-hybridized carbons (Fsp3) is 0.625. The molecule has 2 rings (SSSR count). The highest BCUT2D eigenvalue weighted by Crippen LogP contribution is 2.36. The summed E-state index contributed by atoms with van der Waals surface area (Å²) < 4.78 is 0. The van der Waals surface area contributed by atoms with Crippen molar-refractivity contribution in [3.05, 3.63) is 29.3 Å². The summed E-state index contributed by atoms with van der Waals surface area (Å²) >= 11 is 0. The number of rotatable bonds is 6. The van der Waals surface area contributed by atoms with Crippen LogP contribution in [0.1, 0.15) is 37.8 Å². The maximum atomic E-state index is 3.38. The zero-order valence-corrected chi connectivity index (χ0v) is 12.2. The van der Waals surface area contributed by atoms with Gasteiger partial charge < -0.3 is 10.2 Å². The lowest BCUT2D eigenvalue weighted by atomic mass is 10.1. The second kappa shape index (κ2) is 5.75. The Bertz CT molecular complexity index is 396. The van der Waals surface area contributed by atoms with Gasteiger partial charge in [-0.3, -0.25) is 0 Å². The summed E-state index contributed by atoms with van der Waals surface area (Å²) in [6.07, 6.45) is 2.81. The highest BCUT2D eigenvalue weighted by Gasteiger charge is 2.30. The fourth-order valence-corrected chi connectivity index (χ4v) is 2.61. The third kappa shape index (κ3) is 3.05. The smallest absolute Gasteiger partial charge is 0.0396 e. The number of anilines is 1. The third-order valence-corrected chi connectivity index (χ3v) is 4.14. The van der Waals surface area contributed by atoms with Crippen molar-refractivity contribution in [3.63, 3.8) is 0 Å². The summed E-state index contributed by atoms with van der Waals surface area (Å²) in [4.78, 5) is 2.45. The van der Waals surface area contributed by atoms with Crippen LogP contribution >= 0.6 is 0 Å². The average Bonchev–Trinajstić information content (AvgIpc) is 3.19. The van der Waals surface area contributed by atoms with E-state index in [4.69, 9.17) is 0 Å². The largest absolute Gasteiger partial charge is 0.371 e. The van der Waals surface area contributed by atoms with Gasteiger partial charge in [0.15, 0.2) is 0 Å². The van der Waals surface area contributed by atoms with E-state index in [2.05, 4.69) is 56.2 Å². The minimum absolute atomic E-state index is 0.670. The van der Waals surface area contributed by atoms with Crippen LogP contribution in [-0.4, -0.2) is 19.6 Å². The first-order chi connectivity index (χ1) is 8.63. The molecule has 100 valence electrons. The molecule has 0 amide bonds. The first-order valence-electron chi connectivity index (χ1n) is 7.16. The minimum atomic E-state index is 0.670. The van der Waals surface area contributed by atoms with E-state index in [-0.39, 0.29) is 0 Å². The average molecular weight is 246 g/mol. The first kappa shape index (κ1) is 13.4. The van der Waals surface area contributed by atoms with Gasteiger partial charge in [0, 0.05) is 25.3 Å². The van der Waals surface area contributed by atoms with Crippen molar-refractivity contribution in [3.8, 4) is 0 Å². The molecule has 0 aromatic heterocycles. The van der Waals surface area contributed by atoms with E-state index in [1.165, 1.54) is 29.7 Å². The van der Waals surface area contributed by atoms with E-state index < -0.39 is 0 Å². The zero-order chi connectivity index (χ0) is 13.1. The number of aryl methyl sites for hydroxylation is 1. The molecule has 0 saturated heterocycles. The summed E-state index contributed by atoms with van der Waals surface area (Å²) in [6.45, 7) is 8.72. The van der Waals surface area contributed by atoms with Crippen molar-refractivity contribution in [2.24, 2.45) is 5.92 Å². The minimum Gasteiger partial charge on any atom is -0.371 e. The van der Waals surface area contributed by atoms with Crippen LogP contribution in [0.4, 0.5) is 5.69 Å². The standard InChI is InChI=1S/C16H26N2/c1-5-17-11-14-6-9-16(12(2)10-14)18(4)13(3)15-7-8-15/h6,9-10,13,15,17H,5,7-8,11H2,1-4H3. The molecule has 1 aliphatic rings. The highest BCUT2D eigenvalue weighted by atomic mass is 15.1. The third-order valence-electron chi connectivity index (χ3n) is 4.14. The summed E-state index contributed by atoms with van der Waals surface area (Å²) in [7, 11) is 2.23. The Morgan fingerprint density at radius 3 is 2.67 bits per heavy atom. The van der Waals surface area contributed by atoms with E-state index in [0.29, 0.717) is 6.04 Å². The molecule has 0 aliphatic heterocycles. The Labute approximate surface area is 111 Å². The lowest BCUT2D eigenvalue weighted by Gasteiger charge is -2.29. The second-order valence-electron chi connectivity index (χ2n) is 5.59. The molecular formula is C16H26N2. The van der Waals surface area contributed by atoms with Gasteiger partial charge in [0.1, 0.15) is 0 Å². The second-order valence-corrected chi connectivity index (χ2v) is 5.59. The molecule has 0 heterocycles. The molecule has 1 aromatic rings. The molecule has 2 nitrogen and oxygen atoms in total. The quantitative estimate of drug-likeness (QED) is 0.828. The summed E-state index contributed by atoms with van der Waals surface area (Å²) in [5, 5.41) is 3.38. The van der Waals surface area contributed by atoms with Crippen molar-refractivity contribution in [1.82, 2.24) is 5.32 Å². The van der Waals surface area contributed by atoms with Crippen LogP contribution in [0.5, 0.6) is 0 Å². The molecule has 1 N–H and O–H groups in total. The Kier molecular flexibility index (Phi) is 4.28. The lowest BCUT2D eigenvalue weighted by molar-refractivity contribution is 0.608. The van der Waals surface area contributed by atoms with Crippen LogP contribution in [0, 0.1) is 12.8 Å². The van der Waals surface area contributed by atoms with Gasteiger partial charge in [-0.1, -0.05) is 19.1 Å². The Morgan fingerprint density at radius 2 is 2.11 bits per heavy atom. The van der Waals surface area contributed by atoms with Crippen molar-refractivity contribution in [1.29, 1.82) is 0 Å². The Balaban J connectivity index is 2.08. The van der Waals surface area contributed by atoms with Gasteiger partial charge in [-0.25, -0.2) is 0 Å². The molecule has 1 aliphatic carbocycles. The van der Waals surface area contributed by atoms with E-state index >= 15 is 0 Å². The van der Waals surface area contributed by atoms with Gasteiger partial charge in [-0.05, 0) is 56.3 Å². The van der Waals surface area contributed by atoms with E-state index in [1.807, 2.05) is 0 Å². The van der Waals surface area contributed by atoms with Crippen LogP contribution in [0.15, 0.2) is 18.2 Å². The monoisotopic (exact) mass is 246 g/mol. The van der Waals surface area contributed by atoms with Gasteiger partial charge in [0.05, 0.1) is 0 Å². The van der Waals surface area contributed by atoms with Gasteiger partial charge >= 0.3 is 0 Å². The van der Waals surface area contributed by atoms with Crippen molar-refractivity contribution in [2.45, 2.75) is 46.2 Å². The van der Waals surface area contributed by atoms with Crippen molar-refractivity contribution in [2.75, 3.05) is 18.5 Å². The number of nitrogens with zero attached hydrogens (tertiary/aromatic N) is 1.